The maximum atomic E-state index is 12.5. The first-order valence-corrected chi connectivity index (χ1v) is 10.4. The summed E-state index contributed by atoms with van der Waals surface area (Å²) in [4.78, 5) is 12.6. The molecule has 0 fully saturated rings. The molecule has 6 nitrogen and oxygen atoms in total. The molecule has 1 heterocycles. The lowest BCUT2D eigenvalue weighted by atomic mass is 10.2. The number of rotatable bonds is 6. The monoisotopic (exact) mass is 442 g/mol. The standard InChI is InChI=1S/C18H23BrN2O4S/c1-11(2)21(5)26(23,24)15-8-6-14(7-9-15)10-20-18(22)16-12(3)25-13(4)17(16)19/h6-9,11H,10H2,1-5H3,(H,20,22). The highest BCUT2D eigenvalue weighted by atomic mass is 79.9. The molecule has 1 amide bonds. The topological polar surface area (TPSA) is 79.6 Å². The fraction of sp³-hybridized carbons (Fsp3) is 0.389. The van der Waals surface area contributed by atoms with Gasteiger partial charge in [-0.1, -0.05) is 12.1 Å². The number of sulfonamides is 1. The third kappa shape index (κ3) is 4.19. The summed E-state index contributed by atoms with van der Waals surface area (Å²) in [6, 6.07) is 6.38. The van der Waals surface area contributed by atoms with E-state index in [1.165, 1.54) is 4.31 Å². The zero-order valence-corrected chi connectivity index (χ0v) is 17.9. The highest BCUT2D eigenvalue weighted by Gasteiger charge is 2.23. The van der Waals surface area contributed by atoms with Crippen LogP contribution in [0.3, 0.4) is 0 Å². The second-order valence-corrected chi connectivity index (χ2v) is 9.14. The third-order valence-corrected chi connectivity index (χ3v) is 7.20. The number of hydrogen-bond acceptors (Lipinski definition) is 4. The number of furan rings is 1. The zero-order chi connectivity index (χ0) is 19.6. The molecule has 0 saturated heterocycles. The molecule has 0 aliphatic carbocycles. The van der Waals surface area contributed by atoms with Gasteiger partial charge in [-0.2, -0.15) is 4.31 Å². The average Bonchev–Trinajstić information content (AvgIpc) is 2.84. The minimum Gasteiger partial charge on any atom is -0.465 e. The van der Waals surface area contributed by atoms with Crippen LogP contribution in [0.5, 0.6) is 0 Å². The van der Waals surface area contributed by atoms with E-state index < -0.39 is 10.0 Å². The van der Waals surface area contributed by atoms with Crippen molar-refractivity contribution in [1.82, 2.24) is 9.62 Å². The van der Waals surface area contributed by atoms with Gasteiger partial charge < -0.3 is 9.73 Å². The van der Waals surface area contributed by atoms with Crippen molar-refractivity contribution in [3.8, 4) is 0 Å². The number of halogens is 1. The van der Waals surface area contributed by atoms with Gasteiger partial charge in [0.2, 0.25) is 10.0 Å². The van der Waals surface area contributed by atoms with Crippen LogP contribution in [0.4, 0.5) is 0 Å². The number of amides is 1. The lowest BCUT2D eigenvalue weighted by molar-refractivity contribution is 0.0948. The number of carbonyl (C=O) groups excluding carboxylic acids is 1. The molecule has 0 atom stereocenters. The van der Waals surface area contributed by atoms with E-state index >= 15 is 0 Å². The lowest BCUT2D eigenvalue weighted by Crippen LogP contribution is -2.33. The molecular weight excluding hydrogens is 420 g/mol. The molecule has 0 saturated carbocycles. The second kappa shape index (κ2) is 7.94. The first-order valence-electron chi connectivity index (χ1n) is 8.16. The van der Waals surface area contributed by atoms with Crippen LogP contribution in [-0.2, 0) is 16.6 Å². The molecule has 2 rings (SSSR count). The van der Waals surface area contributed by atoms with E-state index in [0.717, 1.165) is 5.56 Å². The molecule has 0 unspecified atom stereocenters. The van der Waals surface area contributed by atoms with Crippen LogP contribution >= 0.6 is 15.9 Å². The molecule has 26 heavy (non-hydrogen) atoms. The Morgan fingerprint density at radius 1 is 1.19 bits per heavy atom. The molecule has 0 bridgehead atoms. The number of nitrogens with one attached hydrogen (secondary N) is 1. The van der Waals surface area contributed by atoms with Gasteiger partial charge in [-0.25, -0.2) is 8.42 Å². The van der Waals surface area contributed by atoms with Gasteiger partial charge in [0.1, 0.15) is 11.5 Å². The van der Waals surface area contributed by atoms with Crippen LogP contribution in [0.25, 0.3) is 0 Å². The van der Waals surface area contributed by atoms with Crippen molar-refractivity contribution in [2.45, 2.75) is 45.2 Å². The van der Waals surface area contributed by atoms with Crippen molar-refractivity contribution in [2.24, 2.45) is 0 Å². The Balaban J connectivity index is 2.09. The maximum Gasteiger partial charge on any atom is 0.256 e. The Hall–Kier alpha value is -1.64. The minimum atomic E-state index is -3.51. The van der Waals surface area contributed by atoms with Crippen molar-refractivity contribution in [2.75, 3.05) is 7.05 Å². The number of aryl methyl sites for hydroxylation is 2. The molecule has 0 aliphatic heterocycles. The minimum absolute atomic E-state index is 0.126. The molecule has 8 heteroatoms. The predicted octanol–water partition coefficient (Wildman–Crippen LogP) is 3.62. The highest BCUT2D eigenvalue weighted by molar-refractivity contribution is 9.10. The summed E-state index contributed by atoms with van der Waals surface area (Å²) in [6.45, 7) is 7.44. The Labute approximate surface area is 162 Å². The van der Waals surface area contributed by atoms with Crippen molar-refractivity contribution in [3.63, 3.8) is 0 Å². The first-order chi connectivity index (χ1) is 12.1. The van der Waals surface area contributed by atoms with Crippen molar-refractivity contribution in [3.05, 3.63) is 51.4 Å². The Morgan fingerprint density at radius 3 is 2.23 bits per heavy atom. The van der Waals surface area contributed by atoms with Gasteiger partial charge in [0, 0.05) is 19.6 Å². The summed E-state index contributed by atoms with van der Waals surface area (Å²) < 4.78 is 32.3. The summed E-state index contributed by atoms with van der Waals surface area (Å²) in [5.41, 5.74) is 1.28. The van der Waals surface area contributed by atoms with Crippen LogP contribution in [0.2, 0.25) is 0 Å². The van der Waals surface area contributed by atoms with E-state index in [-0.39, 0.29) is 23.4 Å². The van der Waals surface area contributed by atoms with Gasteiger partial charge in [-0.05, 0) is 61.3 Å². The zero-order valence-electron chi connectivity index (χ0n) is 15.5. The normalized spacial score (nSPS) is 12.0. The SMILES string of the molecule is Cc1oc(C)c(C(=O)NCc2ccc(S(=O)(=O)N(C)C(C)C)cc2)c1Br. The van der Waals surface area contributed by atoms with Gasteiger partial charge in [-0.15, -0.1) is 0 Å². The van der Waals surface area contributed by atoms with E-state index in [0.29, 0.717) is 21.6 Å². The van der Waals surface area contributed by atoms with E-state index in [2.05, 4.69) is 21.2 Å². The van der Waals surface area contributed by atoms with Crippen molar-refractivity contribution < 1.29 is 17.6 Å². The Kier molecular flexibility index (Phi) is 6.31. The van der Waals surface area contributed by atoms with Crippen LogP contribution in [0, 0.1) is 13.8 Å². The van der Waals surface area contributed by atoms with E-state index in [9.17, 15) is 13.2 Å². The highest BCUT2D eigenvalue weighted by Crippen LogP contribution is 2.27. The lowest BCUT2D eigenvalue weighted by Gasteiger charge is -2.21. The van der Waals surface area contributed by atoms with Gasteiger partial charge >= 0.3 is 0 Å². The van der Waals surface area contributed by atoms with Gasteiger partial charge in [-0.3, -0.25) is 4.79 Å². The number of nitrogens with zero attached hydrogens (tertiary/aromatic N) is 1. The maximum absolute atomic E-state index is 12.5. The fourth-order valence-electron chi connectivity index (χ4n) is 2.41. The fourth-order valence-corrected chi connectivity index (χ4v) is 4.32. The molecule has 1 aromatic heterocycles. The molecule has 2 aromatic rings. The summed E-state index contributed by atoms with van der Waals surface area (Å²) in [5, 5.41) is 2.82. The Morgan fingerprint density at radius 2 is 1.77 bits per heavy atom. The quantitative estimate of drug-likeness (QED) is 0.740. The van der Waals surface area contributed by atoms with Crippen LogP contribution in [-0.4, -0.2) is 31.7 Å². The third-order valence-electron chi connectivity index (χ3n) is 4.19. The summed E-state index contributed by atoms with van der Waals surface area (Å²) in [6.07, 6.45) is 0. The summed E-state index contributed by atoms with van der Waals surface area (Å²) in [7, 11) is -1.95. The number of benzene rings is 1. The molecule has 0 spiro atoms. The average molecular weight is 443 g/mol. The largest absolute Gasteiger partial charge is 0.465 e. The molecule has 1 N–H and O–H groups in total. The van der Waals surface area contributed by atoms with Crippen LogP contribution < -0.4 is 5.32 Å². The van der Waals surface area contributed by atoms with E-state index in [1.54, 1.807) is 45.2 Å². The first kappa shape index (κ1) is 20.7. The molecule has 142 valence electrons. The van der Waals surface area contributed by atoms with E-state index in [1.807, 2.05) is 13.8 Å². The number of carbonyl (C=O) groups is 1. The van der Waals surface area contributed by atoms with Gasteiger partial charge in [0.05, 0.1) is 14.9 Å². The number of hydrogen-bond donors (Lipinski definition) is 1. The molecule has 0 radical (unpaired) electrons. The summed E-state index contributed by atoms with van der Waals surface area (Å²) in [5.74, 6) is 0.948. The van der Waals surface area contributed by atoms with Crippen LogP contribution in [0.1, 0.15) is 41.3 Å². The molecule has 1 aromatic carbocycles. The predicted molar refractivity (Wildman–Crippen MR) is 104 cm³/mol. The molecule has 0 aliphatic rings. The van der Waals surface area contributed by atoms with Gasteiger partial charge in [0.25, 0.3) is 5.91 Å². The summed E-state index contributed by atoms with van der Waals surface area (Å²) >= 11 is 3.36. The van der Waals surface area contributed by atoms with Gasteiger partial charge in [0.15, 0.2) is 0 Å². The van der Waals surface area contributed by atoms with Crippen LogP contribution in [0.15, 0.2) is 38.1 Å². The second-order valence-electron chi connectivity index (χ2n) is 6.35. The molecular formula is C18H23BrN2O4S. The van der Waals surface area contributed by atoms with Crippen molar-refractivity contribution >= 4 is 31.9 Å². The smallest absolute Gasteiger partial charge is 0.256 e. The van der Waals surface area contributed by atoms with E-state index in [4.69, 9.17) is 4.42 Å². The Bertz CT molecular complexity index is 902. The van der Waals surface area contributed by atoms with Crippen molar-refractivity contribution in [1.29, 1.82) is 0 Å².